The summed E-state index contributed by atoms with van der Waals surface area (Å²) >= 11 is 0. The third kappa shape index (κ3) is 2.26. The molecule has 5 heteroatoms. The quantitative estimate of drug-likeness (QED) is 0.904. The van der Waals surface area contributed by atoms with Crippen LogP contribution in [0.15, 0.2) is 12.4 Å². The normalized spacial score (nSPS) is 36.2. The highest BCUT2D eigenvalue weighted by Crippen LogP contribution is 2.52. The Hall–Kier alpha value is -1.36. The summed E-state index contributed by atoms with van der Waals surface area (Å²) in [7, 11) is 1.96. The average Bonchev–Trinajstić information content (AvgIpc) is 2.99. The van der Waals surface area contributed by atoms with E-state index in [4.69, 9.17) is 0 Å². The van der Waals surface area contributed by atoms with E-state index >= 15 is 0 Å². The van der Waals surface area contributed by atoms with Gasteiger partial charge in [-0.25, -0.2) is 0 Å². The lowest BCUT2D eigenvalue weighted by Crippen LogP contribution is -2.61. The van der Waals surface area contributed by atoms with Crippen LogP contribution < -0.4 is 0 Å². The van der Waals surface area contributed by atoms with Gasteiger partial charge in [0.05, 0.1) is 11.8 Å². The SMILES string of the molecule is Cn1cc([C@@H]2CCC3(C2)CN(C(=O)C2CC(C)(O)C2)C3)cn1. The van der Waals surface area contributed by atoms with Gasteiger partial charge in [-0.1, -0.05) is 0 Å². The number of likely N-dealkylation sites (tertiary alicyclic amines) is 1. The summed E-state index contributed by atoms with van der Waals surface area (Å²) < 4.78 is 1.87. The Labute approximate surface area is 131 Å². The minimum Gasteiger partial charge on any atom is -0.390 e. The molecule has 0 bridgehead atoms. The Bertz CT molecular complexity index is 593. The first-order valence-electron chi connectivity index (χ1n) is 8.36. The zero-order valence-corrected chi connectivity index (χ0v) is 13.5. The van der Waals surface area contributed by atoms with Crippen LogP contribution in [0.4, 0.5) is 0 Å². The van der Waals surface area contributed by atoms with Crippen molar-refractivity contribution in [3.63, 3.8) is 0 Å². The standard InChI is InChI=1S/C17H25N3O2/c1-16(22)5-13(6-16)15(21)20-10-17(11-20)4-3-12(7-17)14-8-18-19(2)9-14/h8-9,12-13,22H,3-7,10-11H2,1-2H3/t12-,13?,16?/m1/s1. The molecular formula is C17H25N3O2. The van der Waals surface area contributed by atoms with E-state index in [-0.39, 0.29) is 11.8 Å². The van der Waals surface area contributed by atoms with Gasteiger partial charge in [-0.3, -0.25) is 9.48 Å². The number of carbonyl (C=O) groups excluding carboxylic acids is 1. The number of aryl methyl sites for hydroxylation is 1. The van der Waals surface area contributed by atoms with Crippen molar-refractivity contribution in [3.05, 3.63) is 18.0 Å². The first-order chi connectivity index (χ1) is 10.4. The molecule has 0 radical (unpaired) electrons. The lowest BCUT2D eigenvalue weighted by atomic mass is 9.69. The van der Waals surface area contributed by atoms with Crippen molar-refractivity contribution in [1.29, 1.82) is 0 Å². The van der Waals surface area contributed by atoms with Crippen molar-refractivity contribution in [2.24, 2.45) is 18.4 Å². The van der Waals surface area contributed by atoms with E-state index in [9.17, 15) is 9.90 Å². The molecule has 2 saturated carbocycles. The van der Waals surface area contributed by atoms with E-state index in [1.165, 1.54) is 24.8 Å². The second kappa shape index (κ2) is 4.57. The van der Waals surface area contributed by atoms with E-state index in [1.807, 2.05) is 29.7 Å². The smallest absolute Gasteiger partial charge is 0.225 e. The van der Waals surface area contributed by atoms with E-state index in [2.05, 4.69) is 11.3 Å². The third-order valence-corrected chi connectivity index (χ3v) is 5.98. The summed E-state index contributed by atoms with van der Waals surface area (Å²) in [5, 5.41) is 14.1. The lowest BCUT2D eigenvalue weighted by Gasteiger charge is -2.52. The van der Waals surface area contributed by atoms with Gasteiger partial charge in [0.15, 0.2) is 0 Å². The van der Waals surface area contributed by atoms with Crippen LogP contribution in [0.1, 0.15) is 50.5 Å². The molecule has 1 saturated heterocycles. The molecule has 1 N–H and O–H groups in total. The largest absolute Gasteiger partial charge is 0.390 e. The van der Waals surface area contributed by atoms with Gasteiger partial charge >= 0.3 is 0 Å². The fourth-order valence-electron chi connectivity index (χ4n) is 4.78. The first-order valence-corrected chi connectivity index (χ1v) is 8.36. The van der Waals surface area contributed by atoms with Crippen LogP contribution >= 0.6 is 0 Å². The van der Waals surface area contributed by atoms with Crippen LogP contribution in [0.3, 0.4) is 0 Å². The number of hydrogen-bond acceptors (Lipinski definition) is 3. The van der Waals surface area contributed by atoms with Gasteiger partial charge in [-0.15, -0.1) is 0 Å². The number of carbonyl (C=O) groups is 1. The zero-order chi connectivity index (χ0) is 15.5. The Morgan fingerprint density at radius 3 is 2.68 bits per heavy atom. The minimum absolute atomic E-state index is 0.0582. The predicted octanol–water partition coefficient (Wildman–Crippen LogP) is 1.68. The Morgan fingerprint density at radius 1 is 1.36 bits per heavy atom. The van der Waals surface area contributed by atoms with E-state index in [0.717, 1.165) is 13.1 Å². The third-order valence-electron chi connectivity index (χ3n) is 5.98. The second-order valence-electron chi connectivity index (χ2n) is 8.18. The number of hydrogen-bond donors (Lipinski definition) is 1. The molecule has 0 unspecified atom stereocenters. The fraction of sp³-hybridized carbons (Fsp3) is 0.765. The lowest BCUT2D eigenvalue weighted by molar-refractivity contribution is -0.161. The molecule has 1 aromatic rings. The summed E-state index contributed by atoms with van der Waals surface area (Å²) in [5.74, 6) is 0.931. The van der Waals surface area contributed by atoms with Crippen molar-refractivity contribution in [2.45, 2.75) is 50.5 Å². The molecule has 1 atom stereocenters. The van der Waals surface area contributed by atoms with Crippen LogP contribution in [0.25, 0.3) is 0 Å². The van der Waals surface area contributed by atoms with Gasteiger partial charge in [0, 0.05) is 37.7 Å². The topological polar surface area (TPSA) is 58.4 Å². The number of aromatic nitrogens is 2. The molecule has 4 rings (SSSR count). The van der Waals surface area contributed by atoms with Crippen LogP contribution in [0.5, 0.6) is 0 Å². The van der Waals surface area contributed by atoms with Crippen molar-refractivity contribution >= 4 is 5.91 Å². The van der Waals surface area contributed by atoms with Crippen LogP contribution in [0, 0.1) is 11.3 Å². The Balaban J connectivity index is 1.33. The second-order valence-corrected chi connectivity index (χ2v) is 8.18. The highest BCUT2D eigenvalue weighted by molar-refractivity contribution is 5.81. The zero-order valence-electron chi connectivity index (χ0n) is 13.5. The molecule has 2 heterocycles. The average molecular weight is 303 g/mol. The van der Waals surface area contributed by atoms with E-state index in [0.29, 0.717) is 24.2 Å². The summed E-state index contributed by atoms with van der Waals surface area (Å²) in [4.78, 5) is 14.4. The summed E-state index contributed by atoms with van der Waals surface area (Å²) in [5.41, 5.74) is 1.09. The van der Waals surface area contributed by atoms with Crippen LogP contribution in [-0.4, -0.2) is 44.4 Å². The summed E-state index contributed by atoms with van der Waals surface area (Å²) in [6.45, 7) is 3.66. The fourth-order valence-corrected chi connectivity index (χ4v) is 4.78. The maximum atomic E-state index is 12.4. The van der Waals surface area contributed by atoms with Gasteiger partial charge in [0.2, 0.25) is 5.91 Å². The van der Waals surface area contributed by atoms with E-state index < -0.39 is 5.60 Å². The molecule has 120 valence electrons. The van der Waals surface area contributed by atoms with Gasteiger partial charge in [0.25, 0.3) is 0 Å². The molecule has 22 heavy (non-hydrogen) atoms. The monoisotopic (exact) mass is 303 g/mol. The summed E-state index contributed by atoms with van der Waals surface area (Å²) in [6.07, 6.45) is 9.00. The molecule has 3 aliphatic rings. The van der Waals surface area contributed by atoms with Crippen molar-refractivity contribution < 1.29 is 9.90 Å². The molecule has 1 spiro atoms. The van der Waals surface area contributed by atoms with Gasteiger partial charge in [-0.05, 0) is 50.5 Å². The molecule has 3 fully saturated rings. The van der Waals surface area contributed by atoms with Gasteiger partial charge < -0.3 is 10.0 Å². The van der Waals surface area contributed by atoms with Crippen molar-refractivity contribution in [2.75, 3.05) is 13.1 Å². The van der Waals surface area contributed by atoms with Crippen molar-refractivity contribution in [1.82, 2.24) is 14.7 Å². The highest BCUT2D eigenvalue weighted by Gasteiger charge is 2.53. The maximum Gasteiger partial charge on any atom is 0.225 e. The Morgan fingerprint density at radius 2 is 2.09 bits per heavy atom. The molecule has 2 aliphatic carbocycles. The number of aliphatic hydroxyl groups is 1. The molecule has 0 aromatic carbocycles. The van der Waals surface area contributed by atoms with Gasteiger partial charge in [0.1, 0.15) is 0 Å². The molecule has 1 aromatic heterocycles. The Kier molecular flexibility index (Phi) is 2.96. The molecule has 5 nitrogen and oxygen atoms in total. The van der Waals surface area contributed by atoms with Crippen molar-refractivity contribution in [3.8, 4) is 0 Å². The first kappa shape index (κ1) is 14.2. The molecule has 1 amide bonds. The molecule has 1 aliphatic heterocycles. The molecular weight excluding hydrogens is 278 g/mol. The summed E-state index contributed by atoms with van der Waals surface area (Å²) in [6, 6.07) is 0. The van der Waals surface area contributed by atoms with Gasteiger partial charge in [-0.2, -0.15) is 5.10 Å². The van der Waals surface area contributed by atoms with E-state index in [1.54, 1.807) is 0 Å². The maximum absolute atomic E-state index is 12.4. The number of amides is 1. The minimum atomic E-state index is -0.609. The number of nitrogens with zero attached hydrogens (tertiary/aromatic N) is 3. The van der Waals surface area contributed by atoms with Crippen LogP contribution in [0.2, 0.25) is 0 Å². The predicted molar refractivity (Wildman–Crippen MR) is 82.2 cm³/mol. The van der Waals surface area contributed by atoms with Crippen LogP contribution in [-0.2, 0) is 11.8 Å². The highest BCUT2D eigenvalue weighted by atomic mass is 16.3. The number of rotatable bonds is 2.